The lowest BCUT2D eigenvalue weighted by molar-refractivity contribution is -0.118. The van der Waals surface area contributed by atoms with Gasteiger partial charge in [-0.1, -0.05) is 43.6 Å². The third-order valence-electron chi connectivity index (χ3n) is 5.24. The number of carbonyl (C=O) groups is 2. The molecule has 1 atom stereocenters. The molecule has 0 bridgehead atoms. The number of amides is 1. The summed E-state index contributed by atoms with van der Waals surface area (Å²) in [5.74, 6) is -0.224. The van der Waals surface area contributed by atoms with Gasteiger partial charge in [0.15, 0.2) is 5.78 Å². The quantitative estimate of drug-likeness (QED) is 0.773. The van der Waals surface area contributed by atoms with E-state index < -0.39 is 6.04 Å². The molecule has 1 aliphatic carbocycles. The molecule has 4 rings (SSSR count). The van der Waals surface area contributed by atoms with E-state index in [0.29, 0.717) is 34.7 Å². The van der Waals surface area contributed by atoms with E-state index in [1.165, 1.54) is 0 Å². The Morgan fingerprint density at radius 3 is 2.37 bits per heavy atom. The summed E-state index contributed by atoms with van der Waals surface area (Å²) in [5, 5.41) is 11.3. The average Bonchev–Trinajstić information content (AvgIpc) is 2.87. The molecule has 27 heavy (non-hydrogen) atoms. The van der Waals surface area contributed by atoms with Gasteiger partial charge in [-0.3, -0.25) is 14.5 Å². The number of hydrogen-bond donors (Lipinski definition) is 1. The SMILES string of the molecule is CC1(C)CC(=O)C(C2c3ccccc3C(=O)N2c2ccc(Cl)cc2)=C(O)C1. The Balaban J connectivity index is 1.91. The second kappa shape index (κ2) is 6.24. The van der Waals surface area contributed by atoms with Crippen LogP contribution in [0.15, 0.2) is 59.9 Å². The van der Waals surface area contributed by atoms with E-state index in [0.717, 1.165) is 5.56 Å². The molecule has 2 aromatic rings. The average molecular weight is 382 g/mol. The molecule has 0 aromatic heterocycles. The first-order valence-electron chi connectivity index (χ1n) is 8.92. The number of aliphatic hydroxyl groups excluding tert-OH is 1. The highest BCUT2D eigenvalue weighted by Gasteiger charge is 2.45. The first-order chi connectivity index (χ1) is 12.8. The second-order valence-corrected chi connectivity index (χ2v) is 8.38. The zero-order valence-electron chi connectivity index (χ0n) is 15.2. The van der Waals surface area contributed by atoms with Crippen molar-refractivity contribution in [3.8, 4) is 0 Å². The van der Waals surface area contributed by atoms with Gasteiger partial charge in [0.1, 0.15) is 5.76 Å². The molecular formula is C22H20ClNO3. The maximum atomic E-state index is 13.2. The van der Waals surface area contributed by atoms with Crippen molar-refractivity contribution in [1.29, 1.82) is 0 Å². The Hall–Kier alpha value is -2.59. The molecule has 2 aliphatic rings. The highest BCUT2D eigenvalue weighted by Crippen LogP contribution is 2.47. The summed E-state index contributed by atoms with van der Waals surface area (Å²) >= 11 is 6.00. The van der Waals surface area contributed by atoms with E-state index in [2.05, 4.69) is 0 Å². The molecule has 4 nitrogen and oxygen atoms in total. The van der Waals surface area contributed by atoms with Gasteiger partial charge in [0.25, 0.3) is 5.91 Å². The van der Waals surface area contributed by atoms with Gasteiger partial charge in [0, 0.05) is 29.1 Å². The maximum absolute atomic E-state index is 13.2. The number of halogens is 1. The lowest BCUT2D eigenvalue weighted by atomic mass is 9.74. The summed E-state index contributed by atoms with van der Waals surface area (Å²) in [7, 11) is 0. The van der Waals surface area contributed by atoms with Gasteiger partial charge in [-0.15, -0.1) is 0 Å². The van der Waals surface area contributed by atoms with Crippen LogP contribution in [0.2, 0.25) is 5.02 Å². The monoisotopic (exact) mass is 381 g/mol. The topological polar surface area (TPSA) is 57.6 Å². The maximum Gasteiger partial charge on any atom is 0.259 e. The summed E-state index contributed by atoms with van der Waals surface area (Å²) in [5.41, 5.74) is 1.96. The highest BCUT2D eigenvalue weighted by atomic mass is 35.5. The molecule has 0 radical (unpaired) electrons. The Morgan fingerprint density at radius 2 is 1.70 bits per heavy atom. The first kappa shape index (κ1) is 17.8. The number of allylic oxidation sites excluding steroid dienone is 1. The molecule has 0 saturated carbocycles. The van der Waals surface area contributed by atoms with Crippen molar-refractivity contribution >= 4 is 29.0 Å². The van der Waals surface area contributed by atoms with Crippen LogP contribution in [0.3, 0.4) is 0 Å². The standard InChI is InChI=1S/C22H20ClNO3/c1-22(2)11-17(25)19(18(26)12-22)20-15-5-3-4-6-16(15)21(27)24(20)14-9-7-13(23)8-10-14/h3-10,20,25H,11-12H2,1-2H3. The third kappa shape index (κ3) is 2.94. The largest absolute Gasteiger partial charge is 0.512 e. The normalized spacial score (nSPS) is 21.6. The van der Waals surface area contributed by atoms with E-state index in [-0.39, 0.29) is 22.9 Å². The molecule has 0 fully saturated rings. The molecule has 1 amide bonds. The molecule has 1 heterocycles. The van der Waals surface area contributed by atoms with Crippen molar-refractivity contribution < 1.29 is 14.7 Å². The van der Waals surface area contributed by atoms with Crippen LogP contribution >= 0.6 is 11.6 Å². The van der Waals surface area contributed by atoms with Gasteiger partial charge in [0.2, 0.25) is 0 Å². The van der Waals surface area contributed by atoms with Gasteiger partial charge in [-0.2, -0.15) is 0 Å². The van der Waals surface area contributed by atoms with Crippen molar-refractivity contribution in [3.05, 3.63) is 76.0 Å². The second-order valence-electron chi connectivity index (χ2n) is 7.94. The van der Waals surface area contributed by atoms with Crippen molar-refractivity contribution in [1.82, 2.24) is 0 Å². The van der Waals surface area contributed by atoms with Gasteiger partial charge in [-0.05, 0) is 41.3 Å². The zero-order valence-corrected chi connectivity index (χ0v) is 16.0. The summed E-state index contributed by atoms with van der Waals surface area (Å²) in [4.78, 5) is 27.7. The van der Waals surface area contributed by atoms with E-state index in [4.69, 9.17) is 11.6 Å². The predicted molar refractivity (Wildman–Crippen MR) is 105 cm³/mol. The van der Waals surface area contributed by atoms with Crippen LogP contribution < -0.4 is 4.90 Å². The van der Waals surface area contributed by atoms with Gasteiger partial charge >= 0.3 is 0 Å². The van der Waals surface area contributed by atoms with E-state index >= 15 is 0 Å². The van der Waals surface area contributed by atoms with E-state index in [1.807, 2.05) is 26.0 Å². The minimum atomic E-state index is -0.626. The number of Topliss-reactive ketones (excluding diaryl/α,β-unsaturated/α-hetero) is 1. The van der Waals surface area contributed by atoms with Gasteiger partial charge < -0.3 is 5.11 Å². The number of fused-ring (bicyclic) bond motifs is 1. The Kier molecular flexibility index (Phi) is 4.11. The Morgan fingerprint density at radius 1 is 1.04 bits per heavy atom. The Labute approximate surface area is 163 Å². The lowest BCUT2D eigenvalue weighted by Crippen LogP contribution is -2.35. The fourth-order valence-corrected chi connectivity index (χ4v) is 4.21. The van der Waals surface area contributed by atoms with Crippen LogP contribution in [0.25, 0.3) is 0 Å². The number of rotatable bonds is 2. The van der Waals surface area contributed by atoms with Gasteiger partial charge in [0.05, 0.1) is 11.6 Å². The molecule has 1 unspecified atom stereocenters. The summed E-state index contributed by atoms with van der Waals surface area (Å²) < 4.78 is 0. The minimum absolute atomic E-state index is 0.0738. The third-order valence-corrected chi connectivity index (χ3v) is 5.49. The number of ketones is 1. The number of carbonyl (C=O) groups excluding carboxylic acids is 2. The van der Waals surface area contributed by atoms with Crippen molar-refractivity contribution in [2.45, 2.75) is 32.7 Å². The van der Waals surface area contributed by atoms with Crippen LogP contribution in [0, 0.1) is 5.41 Å². The number of anilines is 1. The first-order valence-corrected chi connectivity index (χ1v) is 9.29. The van der Waals surface area contributed by atoms with Crippen LogP contribution in [0.1, 0.15) is 48.7 Å². The predicted octanol–water partition coefficient (Wildman–Crippen LogP) is 5.24. The zero-order chi connectivity index (χ0) is 19.3. The molecule has 5 heteroatoms. The fourth-order valence-electron chi connectivity index (χ4n) is 4.08. The summed E-state index contributed by atoms with van der Waals surface area (Å²) in [6.45, 7) is 3.92. The van der Waals surface area contributed by atoms with Gasteiger partial charge in [-0.25, -0.2) is 0 Å². The van der Waals surface area contributed by atoms with E-state index in [1.54, 1.807) is 41.3 Å². The van der Waals surface area contributed by atoms with Crippen LogP contribution in [-0.4, -0.2) is 16.8 Å². The van der Waals surface area contributed by atoms with Crippen LogP contribution in [-0.2, 0) is 4.79 Å². The molecule has 1 N–H and O–H groups in total. The van der Waals surface area contributed by atoms with Crippen molar-refractivity contribution in [2.75, 3.05) is 4.90 Å². The Bertz CT molecular complexity index is 975. The van der Waals surface area contributed by atoms with Crippen molar-refractivity contribution in [3.63, 3.8) is 0 Å². The summed E-state index contributed by atoms with van der Waals surface area (Å²) in [6, 6.07) is 13.6. The molecule has 0 saturated heterocycles. The van der Waals surface area contributed by atoms with Crippen molar-refractivity contribution in [2.24, 2.45) is 5.41 Å². The minimum Gasteiger partial charge on any atom is -0.512 e. The summed E-state index contributed by atoms with van der Waals surface area (Å²) in [6.07, 6.45) is 0.753. The molecule has 138 valence electrons. The molecular weight excluding hydrogens is 362 g/mol. The number of aliphatic hydroxyl groups is 1. The fraction of sp³-hybridized carbons (Fsp3) is 0.273. The smallest absolute Gasteiger partial charge is 0.259 e. The highest BCUT2D eigenvalue weighted by molar-refractivity contribution is 6.30. The lowest BCUT2D eigenvalue weighted by Gasteiger charge is -2.34. The number of nitrogens with zero attached hydrogens (tertiary/aromatic N) is 1. The van der Waals surface area contributed by atoms with E-state index in [9.17, 15) is 14.7 Å². The molecule has 1 aliphatic heterocycles. The molecule has 0 spiro atoms. The van der Waals surface area contributed by atoms with Crippen LogP contribution in [0.4, 0.5) is 5.69 Å². The number of benzene rings is 2. The molecule has 2 aromatic carbocycles. The van der Waals surface area contributed by atoms with Crippen LogP contribution in [0.5, 0.6) is 0 Å². The number of hydrogen-bond acceptors (Lipinski definition) is 3.